The van der Waals surface area contributed by atoms with Gasteiger partial charge in [0.15, 0.2) is 0 Å². The Kier molecular flexibility index (Phi) is 4.20. The van der Waals surface area contributed by atoms with Crippen LogP contribution in [0, 0.1) is 0 Å². The maximum Gasteiger partial charge on any atom is 0.534 e. The largest absolute Gasteiger partial charge is 0.534 e. The highest BCUT2D eigenvalue weighted by atomic mass is 79.9. The van der Waals surface area contributed by atoms with Gasteiger partial charge in [-0.2, -0.15) is 21.6 Å². The van der Waals surface area contributed by atoms with E-state index in [0.717, 1.165) is 12.1 Å². The van der Waals surface area contributed by atoms with Crippen molar-refractivity contribution in [3.63, 3.8) is 0 Å². The van der Waals surface area contributed by atoms with Crippen LogP contribution in [-0.4, -0.2) is 26.4 Å². The van der Waals surface area contributed by atoms with Crippen LogP contribution < -0.4 is 9.50 Å². The number of amides is 1. The molecule has 0 saturated heterocycles. The molecule has 1 aromatic rings. The molecule has 0 spiro atoms. The van der Waals surface area contributed by atoms with E-state index in [1.165, 1.54) is 0 Å². The Bertz CT molecular complexity index is 687. The van der Waals surface area contributed by atoms with Crippen LogP contribution in [0.1, 0.15) is 22.3 Å². The van der Waals surface area contributed by atoms with Crippen LogP contribution in [0.15, 0.2) is 16.6 Å². The zero-order valence-electron chi connectivity index (χ0n) is 10.3. The summed E-state index contributed by atoms with van der Waals surface area (Å²) in [6.07, 6.45) is 0.997. The molecular weight excluding hydrogens is 379 g/mol. The summed E-state index contributed by atoms with van der Waals surface area (Å²) < 4.78 is 63.1. The topological polar surface area (TPSA) is 72.5 Å². The Labute approximate surface area is 126 Å². The number of aryl methyl sites for hydroxylation is 1. The zero-order valence-corrected chi connectivity index (χ0v) is 12.7. The Morgan fingerprint density at radius 2 is 1.95 bits per heavy atom. The smallest absolute Gasteiger partial charge is 0.376 e. The second-order valence-corrected chi connectivity index (χ2v) is 6.67. The molecule has 5 nitrogen and oxygen atoms in total. The van der Waals surface area contributed by atoms with Crippen LogP contribution in [0.3, 0.4) is 0 Å². The molecule has 0 saturated carbocycles. The van der Waals surface area contributed by atoms with Gasteiger partial charge in [0.1, 0.15) is 5.75 Å². The van der Waals surface area contributed by atoms with E-state index in [1.54, 1.807) is 0 Å². The lowest BCUT2D eigenvalue weighted by atomic mass is 10.0. The molecule has 0 aliphatic carbocycles. The van der Waals surface area contributed by atoms with E-state index >= 15 is 0 Å². The van der Waals surface area contributed by atoms with Gasteiger partial charge in [0.05, 0.1) is 5.56 Å². The first-order valence-corrected chi connectivity index (χ1v) is 7.93. The number of alkyl halides is 3. The van der Waals surface area contributed by atoms with Gasteiger partial charge in [-0.1, -0.05) is 0 Å². The van der Waals surface area contributed by atoms with Crippen molar-refractivity contribution >= 4 is 32.0 Å². The van der Waals surface area contributed by atoms with Gasteiger partial charge in [0.25, 0.3) is 5.91 Å². The van der Waals surface area contributed by atoms with Gasteiger partial charge in [-0.25, -0.2) is 0 Å². The second kappa shape index (κ2) is 5.48. The van der Waals surface area contributed by atoms with E-state index in [9.17, 15) is 26.4 Å². The van der Waals surface area contributed by atoms with Gasteiger partial charge in [-0.05, 0) is 46.5 Å². The molecule has 0 atom stereocenters. The quantitative estimate of drug-likeness (QED) is 0.624. The maximum atomic E-state index is 12.3. The van der Waals surface area contributed by atoms with E-state index in [1.807, 2.05) is 0 Å². The first-order valence-electron chi connectivity index (χ1n) is 5.73. The van der Waals surface area contributed by atoms with Crippen LogP contribution in [-0.2, 0) is 16.5 Å². The van der Waals surface area contributed by atoms with Gasteiger partial charge >= 0.3 is 15.6 Å². The standard InChI is InChI=1S/C11H9BrF3NO4S/c12-8-5-7(20-21(18,19)11(13,14)15)4-6-2-1-3-16-10(17)9(6)8/h4-5H,1-3H2,(H,16,17). The Morgan fingerprint density at radius 1 is 1.29 bits per heavy atom. The first-order chi connectivity index (χ1) is 9.62. The average molecular weight is 388 g/mol. The number of carbonyl (C=O) groups excluding carboxylic acids is 1. The van der Waals surface area contributed by atoms with Crippen molar-refractivity contribution in [1.29, 1.82) is 0 Å². The normalized spacial score (nSPS) is 15.9. The molecule has 1 aromatic carbocycles. The van der Waals surface area contributed by atoms with E-state index in [0.29, 0.717) is 24.9 Å². The molecule has 10 heteroatoms. The molecule has 1 N–H and O–H groups in total. The summed E-state index contributed by atoms with van der Waals surface area (Å²) in [5.74, 6) is -0.868. The monoisotopic (exact) mass is 387 g/mol. The van der Waals surface area contributed by atoms with Crippen molar-refractivity contribution in [2.45, 2.75) is 18.3 Å². The minimum absolute atomic E-state index is 0.173. The third kappa shape index (κ3) is 3.31. The SMILES string of the molecule is O=C1NCCCc2cc(OS(=O)(=O)C(F)(F)F)cc(Br)c21. The molecule has 0 bridgehead atoms. The van der Waals surface area contributed by atoms with Gasteiger partial charge < -0.3 is 9.50 Å². The summed E-state index contributed by atoms with van der Waals surface area (Å²) in [6, 6.07) is 2.15. The highest BCUT2D eigenvalue weighted by Crippen LogP contribution is 2.32. The number of hydrogen-bond donors (Lipinski definition) is 1. The van der Waals surface area contributed by atoms with Crippen molar-refractivity contribution in [3.8, 4) is 5.75 Å². The fourth-order valence-electron chi connectivity index (χ4n) is 1.88. The highest BCUT2D eigenvalue weighted by molar-refractivity contribution is 9.10. The first kappa shape index (κ1) is 16.1. The predicted octanol–water partition coefficient (Wildman–Crippen LogP) is 2.35. The predicted molar refractivity (Wildman–Crippen MR) is 70.4 cm³/mol. The minimum Gasteiger partial charge on any atom is -0.376 e. The molecule has 1 aliphatic heterocycles. The molecule has 116 valence electrons. The Balaban J connectivity index is 2.43. The highest BCUT2D eigenvalue weighted by Gasteiger charge is 2.48. The summed E-state index contributed by atoms with van der Waals surface area (Å²) in [6.45, 7) is 0.428. The molecular formula is C11H9BrF3NO4S. The third-order valence-electron chi connectivity index (χ3n) is 2.77. The minimum atomic E-state index is -5.74. The van der Waals surface area contributed by atoms with Crippen molar-refractivity contribution < 1.29 is 30.6 Å². The summed E-state index contributed by atoms with van der Waals surface area (Å²) in [5, 5.41) is 2.63. The average Bonchev–Trinajstić information content (AvgIpc) is 2.49. The van der Waals surface area contributed by atoms with Gasteiger partial charge in [-0.15, -0.1) is 0 Å². The summed E-state index contributed by atoms with van der Waals surface area (Å²) in [7, 11) is -5.74. The number of halogens is 4. The lowest BCUT2D eigenvalue weighted by Crippen LogP contribution is -2.28. The van der Waals surface area contributed by atoms with Crippen molar-refractivity contribution in [2.24, 2.45) is 0 Å². The molecule has 21 heavy (non-hydrogen) atoms. The molecule has 0 fully saturated rings. The Morgan fingerprint density at radius 3 is 2.57 bits per heavy atom. The van der Waals surface area contributed by atoms with Gasteiger partial charge in [-0.3, -0.25) is 4.79 Å². The molecule has 1 aliphatic rings. The number of nitrogens with one attached hydrogen (secondary N) is 1. The van der Waals surface area contributed by atoms with Crippen molar-refractivity contribution in [1.82, 2.24) is 5.32 Å². The number of hydrogen-bond acceptors (Lipinski definition) is 4. The van der Waals surface area contributed by atoms with E-state index < -0.39 is 21.4 Å². The van der Waals surface area contributed by atoms with E-state index in [4.69, 9.17) is 0 Å². The van der Waals surface area contributed by atoms with Gasteiger partial charge in [0.2, 0.25) is 0 Å². The molecule has 2 rings (SSSR count). The van der Waals surface area contributed by atoms with Crippen LogP contribution in [0.5, 0.6) is 5.75 Å². The zero-order chi connectivity index (χ0) is 15.8. The van der Waals surface area contributed by atoms with Crippen LogP contribution in [0.25, 0.3) is 0 Å². The lowest BCUT2D eigenvalue weighted by molar-refractivity contribution is -0.0500. The number of carbonyl (C=O) groups is 1. The fourth-order valence-corrected chi connectivity index (χ4v) is 2.98. The molecule has 1 heterocycles. The lowest BCUT2D eigenvalue weighted by Gasteiger charge is -2.13. The van der Waals surface area contributed by atoms with Crippen molar-refractivity contribution in [3.05, 3.63) is 27.7 Å². The van der Waals surface area contributed by atoms with E-state index in [2.05, 4.69) is 25.4 Å². The molecule has 0 aromatic heterocycles. The van der Waals surface area contributed by atoms with Crippen LogP contribution in [0.4, 0.5) is 13.2 Å². The molecule has 0 radical (unpaired) electrons. The maximum absolute atomic E-state index is 12.3. The molecule has 0 unspecified atom stereocenters. The fraction of sp³-hybridized carbons (Fsp3) is 0.364. The summed E-state index contributed by atoms with van der Waals surface area (Å²) in [5.41, 5.74) is -4.82. The summed E-state index contributed by atoms with van der Waals surface area (Å²) >= 11 is 3.05. The third-order valence-corrected chi connectivity index (χ3v) is 4.37. The number of benzene rings is 1. The molecule has 1 amide bonds. The Hall–Kier alpha value is -1.29. The van der Waals surface area contributed by atoms with Crippen LogP contribution >= 0.6 is 15.9 Å². The van der Waals surface area contributed by atoms with E-state index in [-0.39, 0.29) is 15.9 Å². The number of fused-ring (bicyclic) bond motifs is 1. The summed E-state index contributed by atoms with van der Waals surface area (Å²) in [4.78, 5) is 11.8. The van der Waals surface area contributed by atoms with Crippen molar-refractivity contribution in [2.75, 3.05) is 6.54 Å². The second-order valence-electron chi connectivity index (χ2n) is 4.28. The van der Waals surface area contributed by atoms with Gasteiger partial charge in [0, 0.05) is 11.0 Å². The van der Waals surface area contributed by atoms with Crippen LogP contribution in [0.2, 0.25) is 0 Å². The number of rotatable bonds is 2.